The Balaban J connectivity index is 1.60. The zero-order valence-corrected chi connectivity index (χ0v) is 18.4. The van der Waals surface area contributed by atoms with E-state index in [9.17, 15) is 30.6 Å². The summed E-state index contributed by atoms with van der Waals surface area (Å²) in [6.07, 6.45) is 2.18. The van der Waals surface area contributed by atoms with Crippen LogP contribution in [-0.4, -0.2) is 30.6 Å². The van der Waals surface area contributed by atoms with Crippen LogP contribution < -0.4 is 0 Å². The van der Waals surface area contributed by atoms with Gasteiger partial charge in [0.25, 0.3) is 0 Å². The lowest BCUT2D eigenvalue weighted by Gasteiger charge is -2.14. The highest BCUT2D eigenvalue weighted by Crippen LogP contribution is 2.42. The zero-order chi connectivity index (χ0) is 24.2. The minimum Gasteiger partial charge on any atom is -0.508 e. The van der Waals surface area contributed by atoms with Crippen LogP contribution in [0.5, 0.6) is 34.5 Å². The van der Waals surface area contributed by atoms with E-state index in [-0.39, 0.29) is 34.5 Å². The second-order valence-electron chi connectivity index (χ2n) is 8.33. The van der Waals surface area contributed by atoms with E-state index in [1.165, 1.54) is 12.1 Å². The summed E-state index contributed by atoms with van der Waals surface area (Å²) in [6.45, 7) is 0. The molecule has 0 aliphatic heterocycles. The van der Waals surface area contributed by atoms with Gasteiger partial charge in [-0.3, -0.25) is 0 Å². The molecule has 0 heterocycles. The molecule has 4 aromatic carbocycles. The molecule has 0 bridgehead atoms. The lowest BCUT2D eigenvalue weighted by Crippen LogP contribution is -1.95. The Kier molecular flexibility index (Phi) is 6.50. The first-order valence-corrected chi connectivity index (χ1v) is 11.0. The van der Waals surface area contributed by atoms with E-state index in [0.717, 1.165) is 11.1 Å². The standard InChI is InChI=1S/C28H26O6/c29-21-9-3-17(4-10-21)1-7-19-13-23(27(33)15-25(19)31)24-14-20(26(32)16-28(24)34)8-2-18-5-11-22(30)12-6-18/h3-6,9-16,29-34H,1-2,7-8H2. The highest BCUT2D eigenvalue weighted by molar-refractivity contribution is 5.78. The molecular weight excluding hydrogens is 432 g/mol. The van der Waals surface area contributed by atoms with Crippen molar-refractivity contribution in [1.82, 2.24) is 0 Å². The van der Waals surface area contributed by atoms with Crippen molar-refractivity contribution in [3.8, 4) is 45.6 Å². The molecule has 6 heteroatoms. The van der Waals surface area contributed by atoms with E-state index in [1.54, 1.807) is 60.7 Å². The monoisotopic (exact) mass is 458 g/mol. The molecule has 6 N–H and O–H groups in total. The molecule has 4 rings (SSSR count). The molecule has 0 aliphatic carbocycles. The van der Waals surface area contributed by atoms with Crippen molar-refractivity contribution in [2.24, 2.45) is 0 Å². The molecule has 0 saturated carbocycles. The number of rotatable bonds is 7. The predicted molar refractivity (Wildman–Crippen MR) is 130 cm³/mol. The Hall–Kier alpha value is -4.32. The van der Waals surface area contributed by atoms with Crippen LogP contribution >= 0.6 is 0 Å². The van der Waals surface area contributed by atoms with Crippen molar-refractivity contribution in [2.75, 3.05) is 0 Å². The van der Waals surface area contributed by atoms with Crippen LogP contribution in [0.4, 0.5) is 0 Å². The number of phenolic OH excluding ortho intramolecular Hbond substituents is 6. The van der Waals surface area contributed by atoms with Crippen LogP contribution in [0.3, 0.4) is 0 Å². The summed E-state index contributed by atoms with van der Waals surface area (Å²) in [6, 6.07) is 19.4. The van der Waals surface area contributed by atoms with Gasteiger partial charge in [0.05, 0.1) is 0 Å². The summed E-state index contributed by atoms with van der Waals surface area (Å²) in [7, 11) is 0. The van der Waals surface area contributed by atoms with Gasteiger partial charge >= 0.3 is 0 Å². The first-order valence-electron chi connectivity index (χ1n) is 11.0. The molecule has 0 fully saturated rings. The van der Waals surface area contributed by atoms with Gasteiger partial charge < -0.3 is 30.6 Å². The lowest BCUT2D eigenvalue weighted by molar-refractivity contribution is 0.441. The SMILES string of the molecule is Oc1ccc(CCc2cc(-c3cc(CCc4ccc(O)cc4)c(O)cc3O)c(O)cc2O)cc1. The summed E-state index contributed by atoms with van der Waals surface area (Å²) in [5.74, 6) is -0.102. The molecule has 0 radical (unpaired) electrons. The Bertz CT molecular complexity index is 1190. The fraction of sp³-hybridized carbons (Fsp3) is 0.143. The van der Waals surface area contributed by atoms with E-state index in [2.05, 4.69) is 0 Å². The molecule has 0 amide bonds. The molecule has 34 heavy (non-hydrogen) atoms. The van der Waals surface area contributed by atoms with Gasteiger partial charge in [-0.15, -0.1) is 0 Å². The topological polar surface area (TPSA) is 121 Å². The maximum atomic E-state index is 10.5. The molecule has 0 unspecified atom stereocenters. The summed E-state index contributed by atoms with van der Waals surface area (Å²) in [5.41, 5.74) is 3.86. The van der Waals surface area contributed by atoms with Crippen LogP contribution in [0.25, 0.3) is 11.1 Å². The summed E-state index contributed by atoms with van der Waals surface area (Å²) in [4.78, 5) is 0. The molecule has 0 atom stereocenters. The van der Waals surface area contributed by atoms with E-state index >= 15 is 0 Å². The molecular formula is C28H26O6. The van der Waals surface area contributed by atoms with Crippen LogP contribution in [-0.2, 0) is 25.7 Å². The third kappa shape index (κ3) is 5.18. The summed E-state index contributed by atoms with van der Waals surface area (Å²) < 4.78 is 0. The van der Waals surface area contributed by atoms with Gasteiger partial charge in [0, 0.05) is 23.3 Å². The molecule has 0 aliphatic rings. The van der Waals surface area contributed by atoms with E-state index in [0.29, 0.717) is 47.9 Å². The first kappa shape index (κ1) is 22.9. The van der Waals surface area contributed by atoms with Gasteiger partial charge in [-0.25, -0.2) is 0 Å². The van der Waals surface area contributed by atoms with Crippen LogP contribution in [0.1, 0.15) is 22.3 Å². The first-order chi connectivity index (χ1) is 16.3. The average molecular weight is 459 g/mol. The Labute approximate surface area is 197 Å². The smallest absolute Gasteiger partial charge is 0.127 e. The summed E-state index contributed by atoms with van der Waals surface area (Å²) in [5, 5.41) is 60.6. The number of aromatic hydroxyl groups is 6. The third-order valence-electron chi connectivity index (χ3n) is 5.92. The molecule has 6 nitrogen and oxygen atoms in total. The average Bonchev–Trinajstić information content (AvgIpc) is 2.80. The van der Waals surface area contributed by atoms with Crippen molar-refractivity contribution < 1.29 is 30.6 Å². The van der Waals surface area contributed by atoms with Gasteiger partial charge in [-0.2, -0.15) is 0 Å². The normalized spacial score (nSPS) is 10.9. The van der Waals surface area contributed by atoms with Gasteiger partial charge in [0.2, 0.25) is 0 Å². The Morgan fingerprint density at radius 3 is 1.09 bits per heavy atom. The number of phenols is 6. The largest absolute Gasteiger partial charge is 0.508 e. The van der Waals surface area contributed by atoms with Crippen LogP contribution in [0.2, 0.25) is 0 Å². The van der Waals surface area contributed by atoms with Crippen LogP contribution in [0.15, 0.2) is 72.8 Å². The van der Waals surface area contributed by atoms with Gasteiger partial charge in [-0.1, -0.05) is 24.3 Å². The minimum absolute atomic E-state index is 0.0501. The van der Waals surface area contributed by atoms with E-state index in [1.807, 2.05) is 0 Å². The van der Waals surface area contributed by atoms with E-state index < -0.39 is 0 Å². The highest BCUT2D eigenvalue weighted by atomic mass is 16.3. The van der Waals surface area contributed by atoms with Crippen molar-refractivity contribution in [2.45, 2.75) is 25.7 Å². The van der Waals surface area contributed by atoms with Gasteiger partial charge in [0.15, 0.2) is 0 Å². The predicted octanol–water partition coefficient (Wildman–Crippen LogP) is 5.16. The molecule has 174 valence electrons. The van der Waals surface area contributed by atoms with Crippen molar-refractivity contribution in [3.63, 3.8) is 0 Å². The highest BCUT2D eigenvalue weighted by Gasteiger charge is 2.17. The second-order valence-corrected chi connectivity index (χ2v) is 8.33. The fourth-order valence-corrected chi connectivity index (χ4v) is 3.96. The zero-order valence-electron chi connectivity index (χ0n) is 18.4. The number of hydrogen-bond donors (Lipinski definition) is 6. The number of aryl methyl sites for hydroxylation is 4. The quantitative estimate of drug-likeness (QED) is 0.228. The lowest BCUT2D eigenvalue weighted by atomic mass is 9.94. The van der Waals surface area contributed by atoms with Gasteiger partial charge in [-0.05, 0) is 84.3 Å². The molecule has 0 saturated heterocycles. The van der Waals surface area contributed by atoms with Crippen LogP contribution in [0, 0.1) is 0 Å². The van der Waals surface area contributed by atoms with Crippen molar-refractivity contribution in [1.29, 1.82) is 0 Å². The summed E-state index contributed by atoms with van der Waals surface area (Å²) >= 11 is 0. The van der Waals surface area contributed by atoms with Crippen molar-refractivity contribution in [3.05, 3.63) is 95.1 Å². The van der Waals surface area contributed by atoms with Crippen molar-refractivity contribution >= 4 is 0 Å². The Morgan fingerprint density at radius 2 is 0.735 bits per heavy atom. The maximum Gasteiger partial charge on any atom is 0.127 e. The second kappa shape index (κ2) is 9.67. The fourth-order valence-electron chi connectivity index (χ4n) is 3.96. The molecule has 0 aromatic heterocycles. The van der Waals surface area contributed by atoms with E-state index in [4.69, 9.17) is 0 Å². The molecule has 0 spiro atoms. The maximum absolute atomic E-state index is 10.5. The van der Waals surface area contributed by atoms with Gasteiger partial charge in [0.1, 0.15) is 34.5 Å². The number of hydrogen-bond acceptors (Lipinski definition) is 6. The Morgan fingerprint density at radius 1 is 0.382 bits per heavy atom. The number of benzene rings is 4. The third-order valence-corrected chi connectivity index (χ3v) is 5.92. The molecule has 4 aromatic rings. The minimum atomic E-state index is -0.184.